The van der Waals surface area contributed by atoms with Crippen LogP contribution in [0.5, 0.6) is 0 Å². The van der Waals surface area contributed by atoms with Gasteiger partial charge < -0.3 is 4.79 Å². The third-order valence-corrected chi connectivity index (χ3v) is 3.90. The second kappa shape index (κ2) is 4.93. The van der Waals surface area contributed by atoms with Gasteiger partial charge in [-0.3, -0.25) is 0 Å². The van der Waals surface area contributed by atoms with Gasteiger partial charge in [0.05, 0.1) is 0 Å². The SMILES string of the molecule is O=CCC(c1ccc(Br)cc1)C1CCC1. The van der Waals surface area contributed by atoms with Gasteiger partial charge in [-0.25, -0.2) is 0 Å². The average molecular weight is 267 g/mol. The third kappa shape index (κ3) is 2.49. The largest absolute Gasteiger partial charge is 0.303 e. The van der Waals surface area contributed by atoms with Crippen LogP contribution < -0.4 is 0 Å². The number of carbonyl (C=O) groups excluding carboxylic acids is 1. The van der Waals surface area contributed by atoms with E-state index >= 15 is 0 Å². The highest BCUT2D eigenvalue weighted by molar-refractivity contribution is 9.10. The topological polar surface area (TPSA) is 17.1 Å². The molecule has 2 rings (SSSR count). The lowest BCUT2D eigenvalue weighted by Crippen LogP contribution is -2.20. The first-order valence-corrected chi connectivity index (χ1v) is 6.29. The van der Waals surface area contributed by atoms with E-state index in [1.165, 1.54) is 24.8 Å². The maximum absolute atomic E-state index is 10.7. The summed E-state index contributed by atoms with van der Waals surface area (Å²) in [7, 11) is 0. The van der Waals surface area contributed by atoms with Crippen LogP contribution in [0.2, 0.25) is 0 Å². The molecule has 80 valence electrons. The predicted octanol–water partition coefficient (Wildman–Crippen LogP) is 3.92. The minimum absolute atomic E-state index is 0.448. The van der Waals surface area contributed by atoms with Crippen molar-refractivity contribution in [2.24, 2.45) is 5.92 Å². The molecule has 0 aliphatic heterocycles. The summed E-state index contributed by atoms with van der Waals surface area (Å²) in [6, 6.07) is 8.39. The maximum atomic E-state index is 10.7. The van der Waals surface area contributed by atoms with E-state index in [2.05, 4.69) is 40.2 Å². The predicted molar refractivity (Wildman–Crippen MR) is 64.9 cm³/mol. The van der Waals surface area contributed by atoms with Gasteiger partial charge in [-0.05, 0) is 42.4 Å². The number of aldehydes is 1. The lowest BCUT2D eigenvalue weighted by Gasteiger charge is -2.33. The van der Waals surface area contributed by atoms with Crippen LogP contribution in [0.4, 0.5) is 0 Å². The van der Waals surface area contributed by atoms with Gasteiger partial charge in [-0.2, -0.15) is 0 Å². The van der Waals surface area contributed by atoms with Crippen LogP contribution >= 0.6 is 15.9 Å². The molecule has 0 amide bonds. The molecule has 1 aliphatic rings. The molecule has 1 aliphatic carbocycles. The van der Waals surface area contributed by atoms with E-state index in [1.807, 2.05) is 0 Å². The Hall–Kier alpha value is -0.630. The number of hydrogen-bond acceptors (Lipinski definition) is 1. The number of rotatable bonds is 4. The summed E-state index contributed by atoms with van der Waals surface area (Å²) in [5.41, 5.74) is 1.31. The first kappa shape index (κ1) is 10.9. The number of hydrogen-bond donors (Lipinski definition) is 0. The maximum Gasteiger partial charge on any atom is 0.120 e. The molecule has 0 spiro atoms. The molecular formula is C13H15BrO. The molecule has 1 atom stereocenters. The van der Waals surface area contributed by atoms with Crippen molar-refractivity contribution in [3.05, 3.63) is 34.3 Å². The fraction of sp³-hybridized carbons (Fsp3) is 0.462. The highest BCUT2D eigenvalue weighted by Gasteiger charge is 2.27. The van der Waals surface area contributed by atoms with Crippen molar-refractivity contribution in [3.8, 4) is 0 Å². The van der Waals surface area contributed by atoms with E-state index in [-0.39, 0.29) is 0 Å². The smallest absolute Gasteiger partial charge is 0.120 e. The van der Waals surface area contributed by atoms with E-state index in [0.717, 1.165) is 16.7 Å². The molecule has 1 aromatic rings. The van der Waals surface area contributed by atoms with Crippen LogP contribution in [0.25, 0.3) is 0 Å². The molecule has 1 unspecified atom stereocenters. The minimum Gasteiger partial charge on any atom is -0.303 e. The summed E-state index contributed by atoms with van der Waals surface area (Å²) in [6.07, 6.45) is 5.64. The van der Waals surface area contributed by atoms with Gasteiger partial charge in [0.15, 0.2) is 0 Å². The number of halogens is 1. The van der Waals surface area contributed by atoms with Crippen molar-refractivity contribution < 1.29 is 4.79 Å². The molecule has 1 fully saturated rings. The summed E-state index contributed by atoms with van der Waals surface area (Å²) >= 11 is 3.43. The van der Waals surface area contributed by atoms with Crippen molar-refractivity contribution in [3.63, 3.8) is 0 Å². The Labute approximate surface area is 99.0 Å². The van der Waals surface area contributed by atoms with Crippen LogP contribution in [0.15, 0.2) is 28.7 Å². The standard InChI is InChI=1S/C13H15BrO/c14-12-6-4-11(5-7-12)13(8-9-15)10-2-1-3-10/h4-7,9-10,13H,1-3,8H2. The Balaban J connectivity index is 2.15. The summed E-state index contributed by atoms with van der Waals surface area (Å²) in [6.45, 7) is 0. The van der Waals surface area contributed by atoms with Crippen molar-refractivity contribution in [2.45, 2.75) is 31.6 Å². The molecule has 15 heavy (non-hydrogen) atoms. The Bertz CT molecular complexity index is 327. The zero-order chi connectivity index (χ0) is 10.7. The van der Waals surface area contributed by atoms with Crippen molar-refractivity contribution in [1.29, 1.82) is 0 Å². The fourth-order valence-corrected chi connectivity index (χ4v) is 2.52. The van der Waals surface area contributed by atoms with Crippen LogP contribution in [0, 0.1) is 5.92 Å². The van der Waals surface area contributed by atoms with Crippen molar-refractivity contribution >= 4 is 22.2 Å². The number of carbonyl (C=O) groups is 1. The molecule has 2 heteroatoms. The van der Waals surface area contributed by atoms with Crippen LogP contribution in [-0.4, -0.2) is 6.29 Å². The van der Waals surface area contributed by atoms with Gasteiger partial charge >= 0.3 is 0 Å². The summed E-state index contributed by atoms with van der Waals surface area (Å²) < 4.78 is 1.10. The Kier molecular flexibility index (Phi) is 3.57. The van der Waals surface area contributed by atoms with Crippen molar-refractivity contribution in [2.75, 3.05) is 0 Å². The molecule has 0 radical (unpaired) electrons. The third-order valence-electron chi connectivity index (χ3n) is 3.37. The molecule has 1 saturated carbocycles. The molecule has 0 heterocycles. The van der Waals surface area contributed by atoms with E-state index in [1.54, 1.807) is 0 Å². The second-order valence-corrected chi connectivity index (χ2v) is 5.17. The second-order valence-electron chi connectivity index (χ2n) is 4.25. The Morgan fingerprint density at radius 1 is 1.33 bits per heavy atom. The van der Waals surface area contributed by atoms with Crippen LogP contribution in [-0.2, 0) is 4.79 Å². The summed E-state index contributed by atoms with van der Waals surface area (Å²) in [5, 5.41) is 0. The first-order valence-electron chi connectivity index (χ1n) is 5.50. The fourth-order valence-electron chi connectivity index (χ4n) is 2.26. The highest BCUT2D eigenvalue weighted by Crippen LogP contribution is 2.40. The van der Waals surface area contributed by atoms with Gasteiger partial charge in [0.1, 0.15) is 6.29 Å². The Morgan fingerprint density at radius 3 is 2.47 bits per heavy atom. The van der Waals surface area contributed by atoms with Crippen LogP contribution in [0.3, 0.4) is 0 Å². The molecule has 0 aromatic heterocycles. The molecule has 0 saturated heterocycles. The Morgan fingerprint density at radius 2 is 2.00 bits per heavy atom. The molecule has 1 nitrogen and oxygen atoms in total. The molecular weight excluding hydrogens is 252 g/mol. The van der Waals surface area contributed by atoms with Gasteiger partial charge in [0.2, 0.25) is 0 Å². The first-order chi connectivity index (χ1) is 7.31. The lowest BCUT2D eigenvalue weighted by atomic mass is 9.72. The van der Waals surface area contributed by atoms with E-state index < -0.39 is 0 Å². The van der Waals surface area contributed by atoms with E-state index in [9.17, 15) is 4.79 Å². The number of benzene rings is 1. The van der Waals surface area contributed by atoms with E-state index in [4.69, 9.17) is 0 Å². The highest BCUT2D eigenvalue weighted by atomic mass is 79.9. The summed E-state index contributed by atoms with van der Waals surface area (Å²) in [4.78, 5) is 10.7. The van der Waals surface area contributed by atoms with Gasteiger partial charge in [0, 0.05) is 10.9 Å². The molecule has 0 bridgehead atoms. The zero-order valence-corrected chi connectivity index (χ0v) is 10.2. The van der Waals surface area contributed by atoms with E-state index in [0.29, 0.717) is 12.3 Å². The van der Waals surface area contributed by atoms with Gasteiger partial charge in [-0.1, -0.05) is 34.5 Å². The average Bonchev–Trinajstić information content (AvgIpc) is 2.16. The van der Waals surface area contributed by atoms with Crippen LogP contribution in [0.1, 0.15) is 37.2 Å². The summed E-state index contributed by atoms with van der Waals surface area (Å²) in [5.74, 6) is 1.18. The lowest BCUT2D eigenvalue weighted by molar-refractivity contribution is -0.108. The molecule has 0 N–H and O–H groups in total. The quantitative estimate of drug-likeness (QED) is 0.755. The normalized spacial score (nSPS) is 18.2. The van der Waals surface area contributed by atoms with Gasteiger partial charge in [-0.15, -0.1) is 0 Å². The molecule has 1 aromatic carbocycles. The van der Waals surface area contributed by atoms with Crippen molar-refractivity contribution in [1.82, 2.24) is 0 Å². The van der Waals surface area contributed by atoms with Gasteiger partial charge in [0.25, 0.3) is 0 Å². The monoisotopic (exact) mass is 266 g/mol. The minimum atomic E-state index is 0.448. The zero-order valence-electron chi connectivity index (χ0n) is 8.66.